The van der Waals surface area contributed by atoms with Crippen molar-refractivity contribution in [2.45, 2.75) is 19.3 Å². The Hall–Kier alpha value is -1.98. The number of cyclic esters (lactones) is 4. The fourth-order valence-electron chi connectivity index (χ4n) is 1.75. The summed E-state index contributed by atoms with van der Waals surface area (Å²) in [6.07, 6.45) is 3.56. The summed E-state index contributed by atoms with van der Waals surface area (Å²) >= 11 is 0. The van der Waals surface area contributed by atoms with Crippen LogP contribution in [0.5, 0.6) is 0 Å². The molecule has 6 heteroatoms. The molecular weight excluding hydrogens is 228 g/mol. The van der Waals surface area contributed by atoms with E-state index in [9.17, 15) is 19.2 Å². The first kappa shape index (κ1) is 11.5. The lowest BCUT2D eigenvalue weighted by Crippen LogP contribution is -2.07. The number of hydrogen-bond acceptors (Lipinski definition) is 6. The lowest BCUT2D eigenvalue weighted by molar-refractivity contribution is -0.154. The van der Waals surface area contributed by atoms with Crippen molar-refractivity contribution >= 4 is 23.9 Å². The highest BCUT2D eigenvalue weighted by molar-refractivity contribution is 5.96. The molecule has 2 fully saturated rings. The Morgan fingerprint density at radius 1 is 1.00 bits per heavy atom. The number of hydrogen-bond donors (Lipinski definition) is 0. The van der Waals surface area contributed by atoms with Crippen LogP contribution in [-0.2, 0) is 28.7 Å². The highest BCUT2D eigenvalue weighted by atomic mass is 16.6. The molecule has 2 heterocycles. The molecule has 0 spiro atoms. The number of rotatable bonds is 3. The van der Waals surface area contributed by atoms with Gasteiger partial charge in [0.1, 0.15) is 0 Å². The Morgan fingerprint density at radius 2 is 1.65 bits per heavy atom. The molecule has 2 aliphatic heterocycles. The van der Waals surface area contributed by atoms with Gasteiger partial charge < -0.3 is 9.47 Å². The van der Waals surface area contributed by atoms with Gasteiger partial charge in [-0.05, 0) is 6.42 Å². The van der Waals surface area contributed by atoms with Gasteiger partial charge in [0.15, 0.2) is 0 Å². The van der Waals surface area contributed by atoms with Gasteiger partial charge in [0.2, 0.25) is 0 Å². The summed E-state index contributed by atoms with van der Waals surface area (Å²) < 4.78 is 8.74. The van der Waals surface area contributed by atoms with Crippen molar-refractivity contribution < 1.29 is 28.7 Å². The Balaban J connectivity index is 1.86. The molecule has 0 radical (unpaired) electrons. The van der Waals surface area contributed by atoms with Crippen LogP contribution in [0, 0.1) is 11.8 Å². The molecule has 0 aromatic heterocycles. The first-order chi connectivity index (χ1) is 8.06. The van der Waals surface area contributed by atoms with E-state index in [0.29, 0.717) is 6.42 Å². The van der Waals surface area contributed by atoms with E-state index >= 15 is 0 Å². The number of esters is 4. The van der Waals surface area contributed by atoms with Crippen LogP contribution in [0.25, 0.3) is 0 Å². The van der Waals surface area contributed by atoms with E-state index < -0.39 is 35.7 Å². The van der Waals surface area contributed by atoms with Gasteiger partial charge in [-0.3, -0.25) is 19.2 Å². The minimum Gasteiger partial charge on any atom is -0.393 e. The zero-order valence-corrected chi connectivity index (χ0v) is 8.88. The van der Waals surface area contributed by atoms with Gasteiger partial charge in [-0.1, -0.05) is 12.2 Å². The quantitative estimate of drug-likeness (QED) is 0.394. The number of allylic oxidation sites excluding steroid dienone is 1. The third kappa shape index (κ3) is 2.58. The minimum absolute atomic E-state index is 0.0311. The molecule has 2 unspecified atom stereocenters. The molecule has 0 saturated carbocycles. The van der Waals surface area contributed by atoms with E-state index in [4.69, 9.17) is 0 Å². The van der Waals surface area contributed by atoms with E-state index in [0.717, 1.165) is 0 Å². The maximum Gasteiger partial charge on any atom is 0.321 e. The molecule has 17 heavy (non-hydrogen) atoms. The second-order valence-corrected chi connectivity index (χ2v) is 3.96. The molecule has 2 rings (SSSR count). The van der Waals surface area contributed by atoms with Gasteiger partial charge in [0.05, 0.1) is 24.7 Å². The van der Waals surface area contributed by atoms with Crippen LogP contribution >= 0.6 is 0 Å². The first-order valence-electron chi connectivity index (χ1n) is 5.22. The van der Waals surface area contributed by atoms with Gasteiger partial charge in [0, 0.05) is 0 Å². The summed E-state index contributed by atoms with van der Waals surface area (Å²) in [4.78, 5) is 43.8. The summed E-state index contributed by atoms with van der Waals surface area (Å²) in [6, 6.07) is 0. The first-order valence-corrected chi connectivity index (χ1v) is 5.22. The van der Waals surface area contributed by atoms with E-state index in [1.807, 2.05) is 0 Å². The van der Waals surface area contributed by atoms with Gasteiger partial charge in [-0.25, -0.2) is 0 Å². The highest BCUT2D eigenvalue weighted by Gasteiger charge is 2.33. The third-order valence-electron chi connectivity index (χ3n) is 2.65. The van der Waals surface area contributed by atoms with Crippen molar-refractivity contribution in [1.29, 1.82) is 0 Å². The second kappa shape index (κ2) is 4.48. The normalized spacial score (nSPS) is 28.9. The van der Waals surface area contributed by atoms with Crippen LogP contribution in [0.4, 0.5) is 0 Å². The van der Waals surface area contributed by atoms with Crippen LogP contribution in [0.2, 0.25) is 0 Å². The van der Waals surface area contributed by atoms with Gasteiger partial charge in [-0.2, -0.15) is 0 Å². The lowest BCUT2D eigenvalue weighted by Gasteiger charge is -1.99. The molecule has 0 N–H and O–H groups in total. The Bertz CT molecular complexity index is 422. The predicted molar refractivity (Wildman–Crippen MR) is 52.2 cm³/mol. The third-order valence-corrected chi connectivity index (χ3v) is 2.65. The summed E-state index contributed by atoms with van der Waals surface area (Å²) in [5.74, 6) is -3.23. The topological polar surface area (TPSA) is 86.7 Å². The van der Waals surface area contributed by atoms with E-state index in [1.54, 1.807) is 6.08 Å². The average molecular weight is 238 g/mol. The van der Waals surface area contributed by atoms with Crippen LogP contribution in [0.15, 0.2) is 12.2 Å². The van der Waals surface area contributed by atoms with E-state index in [1.165, 1.54) is 6.08 Å². The maximum absolute atomic E-state index is 11.1. The molecule has 0 amide bonds. The summed E-state index contributed by atoms with van der Waals surface area (Å²) in [7, 11) is 0. The average Bonchev–Trinajstić information content (AvgIpc) is 2.71. The summed E-state index contributed by atoms with van der Waals surface area (Å²) in [6.45, 7) is 0. The van der Waals surface area contributed by atoms with Crippen molar-refractivity contribution in [2.24, 2.45) is 11.8 Å². The van der Waals surface area contributed by atoms with Crippen molar-refractivity contribution in [2.75, 3.05) is 0 Å². The van der Waals surface area contributed by atoms with Crippen molar-refractivity contribution in [3.63, 3.8) is 0 Å². The molecular formula is C11H10O6. The maximum atomic E-state index is 11.1. The van der Waals surface area contributed by atoms with Gasteiger partial charge in [0.25, 0.3) is 0 Å². The summed E-state index contributed by atoms with van der Waals surface area (Å²) in [5, 5.41) is 0. The molecule has 0 aromatic carbocycles. The molecule has 0 aliphatic carbocycles. The molecule has 2 aliphatic rings. The smallest absolute Gasteiger partial charge is 0.321 e. The SMILES string of the molecule is O=C1CC(C=CCC2CC(=O)OC2=O)C(=O)O1. The zero-order chi connectivity index (χ0) is 12.4. The lowest BCUT2D eigenvalue weighted by atomic mass is 10.0. The monoisotopic (exact) mass is 238 g/mol. The number of carbonyl (C=O) groups is 4. The molecule has 2 atom stereocenters. The molecule has 6 nitrogen and oxygen atoms in total. The van der Waals surface area contributed by atoms with Crippen molar-refractivity contribution in [1.82, 2.24) is 0 Å². The number of ether oxygens (including phenoxy) is 2. The van der Waals surface area contributed by atoms with E-state index in [-0.39, 0.29) is 12.8 Å². The minimum atomic E-state index is -0.573. The van der Waals surface area contributed by atoms with Gasteiger partial charge >= 0.3 is 23.9 Å². The Morgan fingerprint density at radius 3 is 2.18 bits per heavy atom. The Labute approximate surface area is 96.6 Å². The molecule has 0 aromatic rings. The van der Waals surface area contributed by atoms with Crippen molar-refractivity contribution in [3.05, 3.63) is 12.2 Å². The molecule has 90 valence electrons. The van der Waals surface area contributed by atoms with E-state index in [2.05, 4.69) is 9.47 Å². The standard InChI is InChI=1S/C11H10O6/c12-8-4-6(10(14)16-8)2-1-3-7-5-9(13)17-11(7)15/h1-2,6-7H,3-5H2. The predicted octanol–water partition coefficient (Wildman–Crippen LogP) is 0.112. The second-order valence-electron chi connectivity index (χ2n) is 3.96. The largest absolute Gasteiger partial charge is 0.393 e. The van der Waals surface area contributed by atoms with Crippen LogP contribution < -0.4 is 0 Å². The molecule has 0 bridgehead atoms. The van der Waals surface area contributed by atoms with Crippen molar-refractivity contribution in [3.8, 4) is 0 Å². The zero-order valence-electron chi connectivity index (χ0n) is 8.88. The van der Waals surface area contributed by atoms with Crippen LogP contribution in [-0.4, -0.2) is 23.9 Å². The van der Waals surface area contributed by atoms with Crippen LogP contribution in [0.3, 0.4) is 0 Å². The Kier molecular flexibility index (Phi) is 3.03. The van der Waals surface area contributed by atoms with Gasteiger partial charge in [-0.15, -0.1) is 0 Å². The number of carbonyl (C=O) groups excluding carboxylic acids is 4. The highest BCUT2D eigenvalue weighted by Crippen LogP contribution is 2.22. The van der Waals surface area contributed by atoms with Crippen LogP contribution in [0.1, 0.15) is 19.3 Å². The molecule has 2 saturated heterocycles. The summed E-state index contributed by atoms with van der Waals surface area (Å²) in [5.41, 5.74) is 0. The fourth-order valence-corrected chi connectivity index (χ4v) is 1.75. The fraction of sp³-hybridized carbons (Fsp3) is 0.455.